The van der Waals surface area contributed by atoms with Crippen LogP contribution in [0.2, 0.25) is 0 Å². The van der Waals surface area contributed by atoms with Gasteiger partial charge in [0.25, 0.3) is 0 Å². The lowest BCUT2D eigenvalue weighted by Crippen LogP contribution is -2.24. The Kier molecular flexibility index (Phi) is 4.27. The maximum atomic E-state index is 13.0. The highest BCUT2D eigenvalue weighted by atomic mass is 32.2. The number of sulfone groups is 1. The van der Waals surface area contributed by atoms with Crippen LogP contribution in [0, 0.1) is 6.92 Å². The third kappa shape index (κ3) is 3.63. The van der Waals surface area contributed by atoms with Crippen molar-refractivity contribution in [2.45, 2.75) is 62.0 Å². The molecule has 5 nitrogen and oxygen atoms in total. The molecule has 1 heterocycles. The van der Waals surface area contributed by atoms with Gasteiger partial charge in [-0.05, 0) is 58.6 Å². The van der Waals surface area contributed by atoms with Crippen LogP contribution in [-0.2, 0) is 14.6 Å². The molecule has 1 fully saturated rings. The van der Waals surface area contributed by atoms with Gasteiger partial charge < -0.3 is 9.72 Å². The van der Waals surface area contributed by atoms with Crippen molar-refractivity contribution in [2.75, 3.05) is 0 Å². The molecule has 1 N–H and O–H groups in total. The lowest BCUT2D eigenvalue weighted by Gasteiger charge is -2.19. The summed E-state index contributed by atoms with van der Waals surface area (Å²) in [6.07, 6.45) is 3.22. The molecule has 3 rings (SSSR count). The fourth-order valence-corrected chi connectivity index (χ4v) is 4.26. The van der Waals surface area contributed by atoms with Gasteiger partial charge in [-0.15, -0.1) is 0 Å². The molecule has 1 aliphatic rings. The normalized spacial score (nSPS) is 15.2. The maximum Gasteiger partial charge on any atom is 0.340 e. The second kappa shape index (κ2) is 6.02. The van der Waals surface area contributed by atoms with E-state index in [9.17, 15) is 13.2 Å². The van der Waals surface area contributed by atoms with E-state index < -0.39 is 21.4 Å². The largest absolute Gasteiger partial charge is 0.456 e. The van der Waals surface area contributed by atoms with E-state index >= 15 is 0 Å². The number of rotatable bonds is 4. The van der Waals surface area contributed by atoms with Crippen molar-refractivity contribution in [3.8, 4) is 0 Å². The number of hydrogen-bond donors (Lipinski definition) is 1. The van der Waals surface area contributed by atoms with Crippen LogP contribution in [0.1, 0.15) is 61.0 Å². The maximum absolute atomic E-state index is 13.0. The zero-order valence-electron chi connectivity index (χ0n) is 14.9. The molecule has 0 aliphatic heterocycles. The van der Waals surface area contributed by atoms with E-state index in [4.69, 9.17) is 4.74 Å². The fraction of sp³-hybridized carbons (Fsp3) is 0.421. The zero-order valence-corrected chi connectivity index (χ0v) is 15.7. The van der Waals surface area contributed by atoms with Crippen LogP contribution in [0.5, 0.6) is 0 Å². The molecule has 0 spiro atoms. The van der Waals surface area contributed by atoms with Crippen molar-refractivity contribution in [1.29, 1.82) is 0 Å². The molecular weight excluding hydrogens is 338 g/mol. The standard InChI is InChI=1S/C19H23NO4S/c1-12-5-9-14(10-6-12)25(22,23)17-16(13-7-8-13)15(11-20-17)18(21)24-19(2,3)4/h5-6,9-11,13,20H,7-8H2,1-4H3. The minimum absolute atomic E-state index is 0.0870. The first-order valence-corrected chi connectivity index (χ1v) is 9.84. The summed E-state index contributed by atoms with van der Waals surface area (Å²) in [4.78, 5) is 15.5. The summed E-state index contributed by atoms with van der Waals surface area (Å²) < 4.78 is 31.5. The topological polar surface area (TPSA) is 76.2 Å². The monoisotopic (exact) mass is 361 g/mol. The van der Waals surface area contributed by atoms with Crippen LogP contribution in [-0.4, -0.2) is 25.0 Å². The Morgan fingerprint density at radius 3 is 2.28 bits per heavy atom. The van der Waals surface area contributed by atoms with Gasteiger partial charge in [-0.25, -0.2) is 13.2 Å². The number of esters is 1. The number of nitrogens with one attached hydrogen (secondary N) is 1. The highest BCUT2D eigenvalue weighted by Gasteiger charge is 2.37. The molecule has 134 valence electrons. The van der Waals surface area contributed by atoms with Gasteiger partial charge in [-0.1, -0.05) is 17.7 Å². The van der Waals surface area contributed by atoms with Crippen molar-refractivity contribution in [1.82, 2.24) is 4.98 Å². The summed E-state index contributed by atoms with van der Waals surface area (Å²) in [5, 5.41) is 0.111. The highest BCUT2D eigenvalue weighted by molar-refractivity contribution is 7.91. The Hall–Kier alpha value is -2.08. The Morgan fingerprint density at radius 2 is 1.76 bits per heavy atom. The number of hydrogen-bond acceptors (Lipinski definition) is 4. The van der Waals surface area contributed by atoms with Crippen molar-refractivity contribution in [3.63, 3.8) is 0 Å². The van der Waals surface area contributed by atoms with Crippen molar-refractivity contribution in [3.05, 3.63) is 47.2 Å². The van der Waals surface area contributed by atoms with Gasteiger partial charge in [0.05, 0.1) is 10.5 Å². The van der Waals surface area contributed by atoms with Gasteiger partial charge in [0.1, 0.15) is 10.6 Å². The van der Waals surface area contributed by atoms with Crippen molar-refractivity contribution < 1.29 is 17.9 Å². The number of carbonyl (C=O) groups excluding carboxylic acids is 1. The summed E-state index contributed by atoms with van der Waals surface area (Å²) in [5.41, 5.74) is 1.24. The van der Waals surface area contributed by atoms with Crippen LogP contribution in [0.3, 0.4) is 0 Å². The first kappa shape index (κ1) is 17.7. The summed E-state index contributed by atoms with van der Waals surface area (Å²) >= 11 is 0. The molecule has 0 amide bonds. The second-order valence-corrected chi connectivity index (χ2v) is 9.42. The Labute approximate surface area is 148 Å². The van der Waals surface area contributed by atoms with Crippen molar-refractivity contribution >= 4 is 15.8 Å². The fourth-order valence-electron chi connectivity index (χ4n) is 2.75. The van der Waals surface area contributed by atoms with Gasteiger partial charge in [0.2, 0.25) is 9.84 Å². The van der Waals surface area contributed by atoms with Gasteiger partial charge >= 0.3 is 5.97 Å². The van der Waals surface area contributed by atoms with E-state index in [1.165, 1.54) is 6.20 Å². The van der Waals surface area contributed by atoms with E-state index in [-0.39, 0.29) is 15.8 Å². The third-order valence-electron chi connectivity index (χ3n) is 4.09. The second-order valence-electron chi connectivity index (χ2n) is 7.54. The quantitative estimate of drug-likeness (QED) is 0.836. The average molecular weight is 361 g/mol. The van der Waals surface area contributed by atoms with E-state index in [1.807, 2.05) is 6.92 Å². The van der Waals surface area contributed by atoms with Gasteiger partial charge in [-0.3, -0.25) is 0 Å². The van der Waals surface area contributed by atoms with E-state index in [2.05, 4.69) is 4.98 Å². The lowest BCUT2D eigenvalue weighted by atomic mass is 10.1. The summed E-state index contributed by atoms with van der Waals surface area (Å²) in [5.74, 6) is -0.403. The molecule has 0 saturated heterocycles. The number of benzene rings is 1. The van der Waals surface area contributed by atoms with Gasteiger partial charge in [0, 0.05) is 11.8 Å². The number of aromatic amines is 1. The molecule has 0 bridgehead atoms. The van der Waals surface area contributed by atoms with E-state index in [1.54, 1.807) is 45.0 Å². The third-order valence-corrected chi connectivity index (χ3v) is 5.85. The Balaban J connectivity index is 2.06. The van der Waals surface area contributed by atoms with Crippen molar-refractivity contribution in [2.24, 2.45) is 0 Å². The first-order chi connectivity index (χ1) is 11.6. The van der Waals surface area contributed by atoms with Gasteiger partial charge in [-0.2, -0.15) is 0 Å². The molecule has 1 aliphatic carbocycles. The molecule has 0 radical (unpaired) electrons. The Bertz CT molecular complexity index is 898. The molecule has 25 heavy (non-hydrogen) atoms. The molecule has 0 unspecified atom stereocenters. The van der Waals surface area contributed by atoms with Crippen LogP contribution >= 0.6 is 0 Å². The summed E-state index contributed by atoms with van der Waals surface area (Å²) in [7, 11) is -3.71. The minimum atomic E-state index is -3.71. The molecule has 2 aromatic rings. The van der Waals surface area contributed by atoms with E-state index in [0.717, 1.165) is 18.4 Å². The van der Waals surface area contributed by atoms with E-state index in [0.29, 0.717) is 11.1 Å². The lowest BCUT2D eigenvalue weighted by molar-refractivity contribution is 0.00684. The first-order valence-electron chi connectivity index (χ1n) is 8.36. The minimum Gasteiger partial charge on any atom is -0.456 e. The zero-order chi connectivity index (χ0) is 18.4. The number of H-pyrrole nitrogens is 1. The van der Waals surface area contributed by atoms with Crippen LogP contribution in [0.15, 0.2) is 40.4 Å². The summed E-state index contributed by atoms with van der Waals surface area (Å²) in [6.45, 7) is 7.27. The molecule has 1 aromatic carbocycles. The number of carbonyl (C=O) groups is 1. The molecular formula is C19H23NO4S. The molecule has 1 aromatic heterocycles. The predicted molar refractivity (Wildman–Crippen MR) is 94.6 cm³/mol. The number of aryl methyl sites for hydroxylation is 1. The van der Waals surface area contributed by atoms with Crippen LogP contribution in [0.4, 0.5) is 0 Å². The highest BCUT2D eigenvalue weighted by Crippen LogP contribution is 2.45. The Morgan fingerprint density at radius 1 is 1.16 bits per heavy atom. The summed E-state index contributed by atoms with van der Waals surface area (Å²) in [6, 6.07) is 6.72. The van der Waals surface area contributed by atoms with Crippen LogP contribution in [0.25, 0.3) is 0 Å². The predicted octanol–water partition coefficient (Wildman–Crippen LogP) is 3.99. The number of ether oxygens (including phenoxy) is 1. The smallest absolute Gasteiger partial charge is 0.340 e. The average Bonchev–Trinajstić information content (AvgIpc) is 3.23. The number of aromatic nitrogens is 1. The molecule has 0 atom stereocenters. The molecule has 1 saturated carbocycles. The molecule has 6 heteroatoms. The van der Waals surface area contributed by atoms with Crippen LogP contribution < -0.4 is 0 Å². The van der Waals surface area contributed by atoms with Gasteiger partial charge in [0.15, 0.2) is 0 Å². The SMILES string of the molecule is Cc1ccc(S(=O)(=O)c2[nH]cc(C(=O)OC(C)(C)C)c2C2CC2)cc1.